The second-order valence-corrected chi connectivity index (χ2v) is 7.69. The van der Waals surface area contributed by atoms with Gasteiger partial charge in [0.1, 0.15) is 12.4 Å². The van der Waals surface area contributed by atoms with Gasteiger partial charge in [-0.25, -0.2) is 9.59 Å². The molecule has 7 nitrogen and oxygen atoms in total. The lowest BCUT2D eigenvalue weighted by Gasteiger charge is -2.36. The van der Waals surface area contributed by atoms with Gasteiger partial charge in [0, 0.05) is 25.6 Å². The smallest absolute Gasteiger partial charge is 0.460 e. The van der Waals surface area contributed by atoms with Crippen molar-refractivity contribution >= 4 is 11.9 Å². The summed E-state index contributed by atoms with van der Waals surface area (Å²) >= 11 is 0. The SMILES string of the molecule is COCCOC(=O)C1=C(C)N(C)C(C)=C(C(=O)OC(C)C)C1c1ccc(OC(F)(F)F)cc1. The lowest BCUT2D eigenvalue weighted by molar-refractivity contribution is -0.274. The van der Waals surface area contributed by atoms with Gasteiger partial charge in [0.2, 0.25) is 0 Å². The first kappa shape index (κ1) is 26.2. The minimum absolute atomic E-state index is 0.00458. The number of methoxy groups -OCH3 is 1. The Bertz CT molecular complexity index is 935. The number of alkyl halides is 3. The topological polar surface area (TPSA) is 74.3 Å². The summed E-state index contributed by atoms with van der Waals surface area (Å²) in [6, 6.07) is 5.02. The molecule has 2 rings (SSSR count). The number of rotatable bonds is 8. The zero-order valence-electron chi connectivity index (χ0n) is 19.4. The minimum Gasteiger partial charge on any atom is -0.460 e. The van der Waals surface area contributed by atoms with Crippen molar-refractivity contribution in [2.24, 2.45) is 0 Å². The normalized spacial score (nSPS) is 16.9. The van der Waals surface area contributed by atoms with Crippen molar-refractivity contribution in [3.8, 4) is 5.75 Å². The minimum atomic E-state index is -4.84. The van der Waals surface area contributed by atoms with Crippen LogP contribution >= 0.6 is 0 Å². The lowest BCUT2D eigenvalue weighted by atomic mass is 9.80. The van der Waals surface area contributed by atoms with Crippen LogP contribution in [0, 0.1) is 0 Å². The molecule has 1 unspecified atom stereocenters. The Morgan fingerprint density at radius 3 is 2.03 bits per heavy atom. The molecule has 0 saturated heterocycles. The van der Waals surface area contributed by atoms with E-state index in [1.54, 1.807) is 39.6 Å². The molecular weight excluding hydrogens is 443 g/mol. The molecule has 0 bridgehead atoms. The van der Waals surface area contributed by atoms with Crippen molar-refractivity contribution in [3.63, 3.8) is 0 Å². The standard InChI is InChI=1S/C23H28F3NO6/c1-13(2)32-22(29)19-15(4)27(5)14(3)18(21(28)31-12-11-30-6)20(19)16-7-9-17(10-8-16)33-23(24,25)26/h7-10,13,20H,11-12H2,1-6H3. The van der Waals surface area contributed by atoms with E-state index in [0.717, 1.165) is 12.1 Å². The van der Waals surface area contributed by atoms with Gasteiger partial charge in [-0.2, -0.15) is 0 Å². The molecule has 0 fully saturated rings. The Balaban J connectivity index is 2.59. The molecule has 1 aromatic carbocycles. The third-order valence-electron chi connectivity index (χ3n) is 5.11. The van der Waals surface area contributed by atoms with Crippen LogP contribution in [0.25, 0.3) is 0 Å². The van der Waals surface area contributed by atoms with Gasteiger partial charge in [0.05, 0.1) is 29.8 Å². The number of carbonyl (C=O) groups is 2. The summed E-state index contributed by atoms with van der Waals surface area (Å²) in [6.07, 6.45) is -5.26. The van der Waals surface area contributed by atoms with E-state index in [4.69, 9.17) is 14.2 Å². The van der Waals surface area contributed by atoms with Gasteiger partial charge in [-0.15, -0.1) is 13.2 Å². The van der Waals surface area contributed by atoms with Crippen LogP contribution in [-0.2, 0) is 23.8 Å². The first-order valence-corrected chi connectivity index (χ1v) is 10.2. The molecule has 0 aromatic heterocycles. The highest BCUT2D eigenvalue weighted by atomic mass is 19.4. The monoisotopic (exact) mass is 471 g/mol. The number of esters is 2. The maximum atomic E-state index is 13.1. The molecule has 0 aliphatic carbocycles. The lowest BCUT2D eigenvalue weighted by Crippen LogP contribution is -2.34. The average Bonchev–Trinajstić information content (AvgIpc) is 2.70. The van der Waals surface area contributed by atoms with Crippen molar-refractivity contribution in [3.05, 3.63) is 52.4 Å². The number of ether oxygens (including phenoxy) is 4. The van der Waals surface area contributed by atoms with Crippen LogP contribution in [0.4, 0.5) is 13.2 Å². The highest BCUT2D eigenvalue weighted by Crippen LogP contribution is 2.43. The highest BCUT2D eigenvalue weighted by Gasteiger charge is 2.40. The number of halogens is 3. The number of carbonyl (C=O) groups excluding carboxylic acids is 2. The molecule has 1 atom stereocenters. The zero-order valence-corrected chi connectivity index (χ0v) is 19.4. The fourth-order valence-corrected chi connectivity index (χ4v) is 3.47. The predicted molar refractivity (Wildman–Crippen MR) is 113 cm³/mol. The molecule has 33 heavy (non-hydrogen) atoms. The van der Waals surface area contributed by atoms with Gasteiger partial charge in [0.25, 0.3) is 0 Å². The molecule has 0 amide bonds. The maximum absolute atomic E-state index is 13.1. The second-order valence-electron chi connectivity index (χ2n) is 7.69. The van der Waals surface area contributed by atoms with Crippen molar-refractivity contribution in [2.75, 3.05) is 27.4 Å². The van der Waals surface area contributed by atoms with Crippen LogP contribution in [0.5, 0.6) is 5.75 Å². The van der Waals surface area contributed by atoms with Crippen LogP contribution in [0.15, 0.2) is 46.8 Å². The predicted octanol–water partition coefficient (Wildman–Crippen LogP) is 4.30. The van der Waals surface area contributed by atoms with Crippen molar-refractivity contribution in [1.82, 2.24) is 4.90 Å². The van der Waals surface area contributed by atoms with E-state index in [1.807, 2.05) is 0 Å². The molecule has 0 N–H and O–H groups in total. The quantitative estimate of drug-likeness (QED) is 0.413. The summed E-state index contributed by atoms with van der Waals surface area (Å²) in [5.41, 5.74) is 1.87. The van der Waals surface area contributed by atoms with Crippen LogP contribution in [0.1, 0.15) is 39.2 Å². The van der Waals surface area contributed by atoms with Gasteiger partial charge in [-0.05, 0) is 45.4 Å². The summed E-state index contributed by atoms with van der Waals surface area (Å²) in [4.78, 5) is 27.8. The van der Waals surface area contributed by atoms with E-state index >= 15 is 0 Å². The Labute approximate surface area is 190 Å². The number of nitrogens with zero attached hydrogens (tertiary/aromatic N) is 1. The molecule has 10 heteroatoms. The molecule has 1 aliphatic heterocycles. The van der Waals surface area contributed by atoms with Crippen molar-refractivity contribution < 1.29 is 41.7 Å². The molecule has 0 saturated carbocycles. The average molecular weight is 471 g/mol. The first-order chi connectivity index (χ1) is 15.4. The van der Waals surface area contributed by atoms with Gasteiger partial charge < -0.3 is 23.8 Å². The van der Waals surface area contributed by atoms with Crippen LogP contribution < -0.4 is 4.74 Å². The fourth-order valence-electron chi connectivity index (χ4n) is 3.47. The van der Waals surface area contributed by atoms with Crippen LogP contribution in [-0.4, -0.2) is 56.7 Å². The molecule has 0 radical (unpaired) electrons. The summed E-state index contributed by atoms with van der Waals surface area (Å²) in [6.45, 7) is 6.98. The summed E-state index contributed by atoms with van der Waals surface area (Å²) in [7, 11) is 3.17. The van der Waals surface area contributed by atoms with E-state index in [2.05, 4.69) is 4.74 Å². The zero-order chi connectivity index (χ0) is 24.9. The van der Waals surface area contributed by atoms with E-state index < -0.39 is 36.1 Å². The molecule has 1 aromatic rings. The van der Waals surface area contributed by atoms with E-state index in [9.17, 15) is 22.8 Å². The number of allylic oxidation sites excluding steroid dienone is 2. The van der Waals surface area contributed by atoms with Crippen molar-refractivity contribution in [2.45, 2.75) is 46.1 Å². The first-order valence-electron chi connectivity index (χ1n) is 10.2. The van der Waals surface area contributed by atoms with E-state index in [-0.39, 0.29) is 24.4 Å². The Morgan fingerprint density at radius 1 is 1.00 bits per heavy atom. The maximum Gasteiger partial charge on any atom is 0.573 e. The van der Waals surface area contributed by atoms with Gasteiger partial charge in [-0.3, -0.25) is 0 Å². The molecule has 1 heterocycles. The molecular formula is C23H28F3NO6. The van der Waals surface area contributed by atoms with Crippen LogP contribution in [0.2, 0.25) is 0 Å². The third-order valence-corrected chi connectivity index (χ3v) is 5.11. The van der Waals surface area contributed by atoms with Crippen LogP contribution in [0.3, 0.4) is 0 Å². The van der Waals surface area contributed by atoms with Crippen molar-refractivity contribution in [1.29, 1.82) is 0 Å². The number of hydrogen-bond acceptors (Lipinski definition) is 7. The Hall–Kier alpha value is -3.01. The van der Waals surface area contributed by atoms with E-state index in [0.29, 0.717) is 17.0 Å². The molecule has 182 valence electrons. The Kier molecular flexibility index (Phi) is 8.54. The molecule has 1 aliphatic rings. The summed E-state index contributed by atoms with van der Waals surface area (Å²) < 4.78 is 57.3. The number of hydrogen-bond donors (Lipinski definition) is 0. The van der Waals surface area contributed by atoms with Gasteiger partial charge in [0.15, 0.2) is 0 Å². The second kappa shape index (κ2) is 10.7. The van der Waals surface area contributed by atoms with Gasteiger partial charge in [-0.1, -0.05) is 12.1 Å². The molecule has 0 spiro atoms. The number of benzene rings is 1. The van der Waals surface area contributed by atoms with E-state index in [1.165, 1.54) is 19.2 Å². The Morgan fingerprint density at radius 2 is 1.55 bits per heavy atom. The summed E-state index contributed by atoms with van der Waals surface area (Å²) in [5, 5.41) is 0. The highest BCUT2D eigenvalue weighted by molar-refractivity contribution is 5.99. The van der Waals surface area contributed by atoms with Gasteiger partial charge >= 0.3 is 18.3 Å². The fraction of sp³-hybridized carbons (Fsp3) is 0.478. The summed E-state index contributed by atoms with van der Waals surface area (Å²) in [5.74, 6) is -2.64. The third kappa shape index (κ3) is 6.50. The largest absolute Gasteiger partial charge is 0.573 e.